The number of carbonyl (C=O) groups is 1. The normalized spacial score (nSPS) is 17.8. The van der Waals surface area contributed by atoms with Crippen LogP contribution in [0.1, 0.15) is 11.1 Å². The Morgan fingerprint density at radius 1 is 1.12 bits per heavy atom. The lowest BCUT2D eigenvalue weighted by molar-refractivity contribution is -0.286. The molecule has 2 aromatic rings. The Bertz CT molecular complexity index is 826. The Labute approximate surface area is 143 Å². The smallest absolute Gasteiger partial charge is 0.395 e. The van der Waals surface area contributed by atoms with Crippen molar-refractivity contribution >= 4 is 11.6 Å². The molecule has 2 heterocycles. The lowest BCUT2D eigenvalue weighted by Crippen LogP contribution is -2.37. The van der Waals surface area contributed by atoms with Gasteiger partial charge in [0.2, 0.25) is 5.91 Å². The van der Waals surface area contributed by atoms with E-state index in [9.17, 15) is 13.6 Å². The van der Waals surface area contributed by atoms with E-state index in [4.69, 9.17) is 0 Å². The van der Waals surface area contributed by atoms with E-state index in [1.54, 1.807) is 0 Å². The first-order chi connectivity index (χ1) is 12.0. The number of hydrogen-bond acceptors (Lipinski definition) is 4. The van der Waals surface area contributed by atoms with Crippen molar-refractivity contribution < 1.29 is 23.0 Å². The zero-order chi connectivity index (χ0) is 17.4. The molecule has 0 saturated heterocycles. The van der Waals surface area contributed by atoms with E-state index in [0.29, 0.717) is 5.69 Å². The van der Waals surface area contributed by atoms with Gasteiger partial charge >= 0.3 is 6.29 Å². The minimum atomic E-state index is -3.66. The van der Waals surface area contributed by atoms with Crippen molar-refractivity contribution in [3.8, 4) is 11.5 Å². The van der Waals surface area contributed by atoms with Crippen molar-refractivity contribution in [2.24, 2.45) is 0 Å². The standard InChI is InChI=1S/C18H16F2N2O3/c19-18(20)24-15-6-5-14(9-16(15)25-18)21-17(23)11-22-8-7-12-3-1-2-4-13(12)10-22/h1-6,9H,7-8,10-11H2,(H,21,23). The van der Waals surface area contributed by atoms with Gasteiger partial charge in [-0.25, -0.2) is 0 Å². The molecule has 2 aromatic carbocycles. The van der Waals surface area contributed by atoms with Crippen molar-refractivity contribution in [3.63, 3.8) is 0 Å². The summed E-state index contributed by atoms with van der Waals surface area (Å²) in [5.41, 5.74) is 2.94. The maximum Gasteiger partial charge on any atom is 0.586 e. The van der Waals surface area contributed by atoms with Crippen LogP contribution in [0.15, 0.2) is 42.5 Å². The second kappa shape index (κ2) is 6.00. The van der Waals surface area contributed by atoms with Gasteiger partial charge in [-0.15, -0.1) is 8.78 Å². The van der Waals surface area contributed by atoms with E-state index < -0.39 is 6.29 Å². The van der Waals surface area contributed by atoms with Gasteiger partial charge < -0.3 is 14.8 Å². The molecule has 5 nitrogen and oxygen atoms in total. The zero-order valence-electron chi connectivity index (χ0n) is 13.3. The van der Waals surface area contributed by atoms with Crippen molar-refractivity contribution in [2.45, 2.75) is 19.3 Å². The average Bonchev–Trinajstić information content (AvgIpc) is 2.87. The third kappa shape index (κ3) is 3.41. The molecule has 1 N–H and O–H groups in total. The predicted molar refractivity (Wildman–Crippen MR) is 86.7 cm³/mol. The summed E-state index contributed by atoms with van der Waals surface area (Å²) in [5, 5.41) is 2.71. The van der Waals surface area contributed by atoms with Crippen molar-refractivity contribution in [1.82, 2.24) is 4.90 Å². The van der Waals surface area contributed by atoms with Gasteiger partial charge in [0.1, 0.15) is 0 Å². The first-order valence-corrected chi connectivity index (χ1v) is 7.97. The lowest BCUT2D eigenvalue weighted by atomic mass is 10.00. The van der Waals surface area contributed by atoms with Crippen LogP contribution < -0.4 is 14.8 Å². The number of amides is 1. The highest BCUT2D eigenvalue weighted by atomic mass is 19.3. The zero-order valence-corrected chi connectivity index (χ0v) is 13.3. The summed E-state index contributed by atoms with van der Waals surface area (Å²) < 4.78 is 34.8. The number of alkyl halides is 2. The first-order valence-electron chi connectivity index (χ1n) is 7.97. The molecule has 130 valence electrons. The second-order valence-corrected chi connectivity index (χ2v) is 6.11. The lowest BCUT2D eigenvalue weighted by Gasteiger charge is -2.28. The average molecular weight is 346 g/mol. The molecule has 0 spiro atoms. The maximum atomic E-state index is 13.0. The molecular weight excluding hydrogens is 330 g/mol. The number of anilines is 1. The van der Waals surface area contributed by atoms with Gasteiger partial charge in [-0.3, -0.25) is 9.69 Å². The quantitative estimate of drug-likeness (QED) is 0.928. The van der Waals surface area contributed by atoms with Crippen LogP contribution in [-0.2, 0) is 17.8 Å². The van der Waals surface area contributed by atoms with E-state index in [1.807, 2.05) is 12.1 Å². The van der Waals surface area contributed by atoms with Crippen molar-refractivity contribution in [1.29, 1.82) is 0 Å². The molecule has 0 aliphatic carbocycles. The summed E-state index contributed by atoms with van der Waals surface area (Å²) >= 11 is 0. The SMILES string of the molecule is O=C(CN1CCc2ccccc2C1)Nc1ccc2c(c1)OC(F)(F)O2. The van der Waals surface area contributed by atoms with Crippen LogP contribution in [-0.4, -0.2) is 30.2 Å². The highest BCUT2D eigenvalue weighted by Gasteiger charge is 2.43. The number of rotatable bonds is 3. The van der Waals surface area contributed by atoms with Gasteiger partial charge in [-0.1, -0.05) is 24.3 Å². The van der Waals surface area contributed by atoms with E-state index in [-0.39, 0.29) is 24.0 Å². The number of hydrogen-bond donors (Lipinski definition) is 1. The molecular formula is C18H16F2N2O3. The van der Waals surface area contributed by atoms with Gasteiger partial charge in [0.05, 0.1) is 6.54 Å². The Morgan fingerprint density at radius 2 is 1.88 bits per heavy atom. The first kappa shape index (κ1) is 15.8. The number of nitrogens with one attached hydrogen (secondary N) is 1. The molecule has 2 aliphatic heterocycles. The summed E-state index contributed by atoms with van der Waals surface area (Å²) in [4.78, 5) is 14.3. The number of carbonyl (C=O) groups excluding carboxylic acids is 1. The van der Waals surface area contributed by atoms with Crippen molar-refractivity contribution in [3.05, 3.63) is 53.6 Å². The Balaban J connectivity index is 1.38. The monoisotopic (exact) mass is 346 g/mol. The summed E-state index contributed by atoms with van der Waals surface area (Å²) in [6, 6.07) is 12.4. The number of ether oxygens (including phenoxy) is 2. The predicted octanol–water partition coefficient (Wildman–Crippen LogP) is 3.00. The number of fused-ring (bicyclic) bond motifs is 2. The molecule has 7 heteroatoms. The number of halogens is 2. The van der Waals surface area contributed by atoms with Crippen LogP contribution in [0.3, 0.4) is 0 Å². The number of benzene rings is 2. The van der Waals surface area contributed by atoms with E-state index in [0.717, 1.165) is 19.5 Å². The van der Waals surface area contributed by atoms with Crippen LogP contribution in [0.25, 0.3) is 0 Å². The molecule has 2 aliphatic rings. The fourth-order valence-corrected chi connectivity index (χ4v) is 3.12. The summed E-state index contributed by atoms with van der Waals surface area (Å²) in [7, 11) is 0. The molecule has 0 fully saturated rings. The third-order valence-electron chi connectivity index (χ3n) is 4.26. The summed E-state index contributed by atoms with van der Waals surface area (Å²) in [6.07, 6.45) is -2.76. The molecule has 0 saturated carbocycles. The third-order valence-corrected chi connectivity index (χ3v) is 4.26. The fraction of sp³-hybridized carbons (Fsp3) is 0.278. The van der Waals surface area contributed by atoms with Gasteiger partial charge in [0.15, 0.2) is 11.5 Å². The molecule has 0 atom stereocenters. The van der Waals surface area contributed by atoms with E-state index in [1.165, 1.54) is 29.3 Å². The van der Waals surface area contributed by atoms with Gasteiger partial charge in [0, 0.05) is 24.8 Å². The minimum absolute atomic E-state index is 0.0457. The highest BCUT2D eigenvalue weighted by molar-refractivity contribution is 5.92. The van der Waals surface area contributed by atoms with Crippen LogP contribution in [0, 0.1) is 0 Å². The van der Waals surface area contributed by atoms with Gasteiger partial charge in [-0.05, 0) is 29.7 Å². The largest absolute Gasteiger partial charge is 0.586 e. The van der Waals surface area contributed by atoms with Crippen LogP contribution in [0.2, 0.25) is 0 Å². The molecule has 0 unspecified atom stereocenters. The Morgan fingerprint density at radius 3 is 2.72 bits per heavy atom. The number of nitrogens with zero attached hydrogens (tertiary/aromatic N) is 1. The second-order valence-electron chi connectivity index (χ2n) is 6.11. The molecule has 4 rings (SSSR count). The molecule has 1 amide bonds. The van der Waals surface area contributed by atoms with Crippen LogP contribution in [0.4, 0.5) is 14.5 Å². The Hall–Kier alpha value is -2.67. The van der Waals surface area contributed by atoms with Gasteiger partial charge in [0.25, 0.3) is 0 Å². The summed E-state index contributed by atoms with van der Waals surface area (Å²) in [6.45, 7) is 1.76. The van der Waals surface area contributed by atoms with E-state index >= 15 is 0 Å². The molecule has 0 radical (unpaired) electrons. The topological polar surface area (TPSA) is 50.8 Å². The summed E-state index contributed by atoms with van der Waals surface area (Å²) in [5.74, 6) is -0.338. The molecule has 0 bridgehead atoms. The van der Waals surface area contributed by atoms with E-state index in [2.05, 4.69) is 31.8 Å². The van der Waals surface area contributed by atoms with Crippen LogP contribution >= 0.6 is 0 Å². The highest BCUT2D eigenvalue weighted by Crippen LogP contribution is 2.42. The van der Waals surface area contributed by atoms with Crippen LogP contribution in [0.5, 0.6) is 11.5 Å². The maximum absolute atomic E-state index is 13.0. The molecule has 0 aromatic heterocycles. The van der Waals surface area contributed by atoms with Crippen molar-refractivity contribution in [2.75, 3.05) is 18.4 Å². The molecule has 25 heavy (non-hydrogen) atoms. The van der Waals surface area contributed by atoms with Gasteiger partial charge in [-0.2, -0.15) is 0 Å². The Kier molecular flexibility index (Phi) is 3.80. The minimum Gasteiger partial charge on any atom is -0.395 e. The fourth-order valence-electron chi connectivity index (χ4n) is 3.12.